The first-order valence-corrected chi connectivity index (χ1v) is 10.9. The van der Waals surface area contributed by atoms with Gasteiger partial charge in [-0.3, -0.25) is 9.59 Å². The monoisotopic (exact) mass is 464 g/mol. The number of carbonyl (C=O) groups is 2. The number of hydrogen-bond acceptors (Lipinski definition) is 5. The lowest BCUT2D eigenvalue weighted by molar-refractivity contribution is -0.125. The Morgan fingerprint density at radius 2 is 2.12 bits per heavy atom. The van der Waals surface area contributed by atoms with Crippen molar-refractivity contribution >= 4 is 40.1 Å². The molecule has 2 N–H and O–H groups in total. The Labute approximate surface area is 194 Å². The van der Waals surface area contributed by atoms with Crippen LogP contribution in [0, 0.1) is 6.92 Å². The topological polar surface area (TPSA) is 100 Å². The number of amides is 2. The van der Waals surface area contributed by atoms with Gasteiger partial charge in [0.15, 0.2) is 0 Å². The fourth-order valence-corrected chi connectivity index (χ4v) is 4.13. The highest BCUT2D eigenvalue weighted by molar-refractivity contribution is 6.31. The predicted octanol–water partition coefficient (Wildman–Crippen LogP) is 4.00. The number of fused-ring (bicyclic) bond motifs is 1. The van der Waals surface area contributed by atoms with Crippen LogP contribution in [0.5, 0.6) is 0 Å². The van der Waals surface area contributed by atoms with E-state index in [0.29, 0.717) is 35.3 Å². The van der Waals surface area contributed by atoms with E-state index in [1.807, 2.05) is 13.0 Å². The average molecular weight is 465 g/mol. The predicted molar refractivity (Wildman–Crippen MR) is 123 cm³/mol. The summed E-state index contributed by atoms with van der Waals surface area (Å²) < 4.78 is 10.8. The summed E-state index contributed by atoms with van der Waals surface area (Å²) in [5, 5.41) is 3.59. The molecule has 168 valence electrons. The van der Waals surface area contributed by atoms with E-state index in [9.17, 15) is 9.59 Å². The van der Waals surface area contributed by atoms with E-state index in [4.69, 9.17) is 20.8 Å². The molecule has 2 aromatic heterocycles. The first kappa shape index (κ1) is 21.2. The lowest BCUT2D eigenvalue weighted by Gasteiger charge is -2.28. The third kappa shape index (κ3) is 4.22. The molecule has 1 unspecified atom stereocenters. The van der Waals surface area contributed by atoms with Gasteiger partial charge in [0, 0.05) is 22.8 Å². The van der Waals surface area contributed by atoms with Gasteiger partial charge in [-0.25, -0.2) is 4.98 Å². The highest BCUT2D eigenvalue weighted by Crippen LogP contribution is 2.26. The Morgan fingerprint density at radius 1 is 1.24 bits per heavy atom. The quantitative estimate of drug-likeness (QED) is 0.465. The molecule has 5 rings (SSSR count). The summed E-state index contributed by atoms with van der Waals surface area (Å²) in [6, 6.07) is 13.5. The van der Waals surface area contributed by atoms with Gasteiger partial charge in [-0.1, -0.05) is 11.6 Å². The molecule has 1 atom stereocenters. The number of anilines is 1. The van der Waals surface area contributed by atoms with Crippen molar-refractivity contribution in [1.82, 2.24) is 15.3 Å². The molecular weight excluding hydrogens is 444 g/mol. The van der Waals surface area contributed by atoms with Crippen LogP contribution in [-0.4, -0.2) is 41.5 Å². The molecule has 2 amide bonds. The van der Waals surface area contributed by atoms with E-state index in [1.165, 1.54) is 0 Å². The molecule has 1 saturated heterocycles. The van der Waals surface area contributed by atoms with Crippen LogP contribution in [0.1, 0.15) is 33.5 Å². The van der Waals surface area contributed by atoms with E-state index in [2.05, 4.69) is 15.3 Å². The minimum atomic E-state index is -0.625. The number of aromatic amines is 1. The Kier molecular flexibility index (Phi) is 5.62. The van der Waals surface area contributed by atoms with Gasteiger partial charge in [0.05, 0.1) is 23.9 Å². The number of ether oxygens (including phenoxy) is 1. The van der Waals surface area contributed by atoms with Crippen LogP contribution in [0.15, 0.2) is 59.2 Å². The van der Waals surface area contributed by atoms with Crippen LogP contribution < -0.4 is 10.2 Å². The second kappa shape index (κ2) is 8.73. The summed E-state index contributed by atoms with van der Waals surface area (Å²) in [4.78, 5) is 34.9. The summed E-state index contributed by atoms with van der Waals surface area (Å²) in [6.45, 7) is 2.92. The number of H-pyrrole nitrogens is 1. The van der Waals surface area contributed by atoms with Crippen molar-refractivity contribution < 1.29 is 18.7 Å². The van der Waals surface area contributed by atoms with Gasteiger partial charge in [-0.05, 0) is 61.0 Å². The van der Waals surface area contributed by atoms with Crippen LogP contribution in [0.4, 0.5) is 5.69 Å². The number of halogens is 1. The van der Waals surface area contributed by atoms with Crippen molar-refractivity contribution in [3.63, 3.8) is 0 Å². The van der Waals surface area contributed by atoms with E-state index < -0.39 is 6.04 Å². The van der Waals surface area contributed by atoms with E-state index in [1.54, 1.807) is 53.6 Å². The van der Waals surface area contributed by atoms with Gasteiger partial charge in [-0.15, -0.1) is 0 Å². The number of carbonyl (C=O) groups excluding carboxylic acids is 2. The maximum absolute atomic E-state index is 13.2. The molecule has 1 aliphatic heterocycles. The van der Waals surface area contributed by atoms with Gasteiger partial charge in [-0.2, -0.15) is 0 Å². The van der Waals surface area contributed by atoms with Crippen molar-refractivity contribution in [2.75, 3.05) is 24.7 Å². The van der Waals surface area contributed by atoms with Crippen molar-refractivity contribution in [2.45, 2.75) is 13.0 Å². The molecule has 1 aliphatic rings. The third-order valence-electron chi connectivity index (χ3n) is 5.57. The molecule has 0 aliphatic carbocycles. The molecule has 4 aromatic rings. The van der Waals surface area contributed by atoms with Crippen LogP contribution in [0.3, 0.4) is 0 Å². The third-order valence-corrected chi connectivity index (χ3v) is 5.81. The van der Waals surface area contributed by atoms with Crippen LogP contribution in [0.2, 0.25) is 5.02 Å². The van der Waals surface area contributed by atoms with Gasteiger partial charge in [0.1, 0.15) is 24.2 Å². The first-order chi connectivity index (χ1) is 16.0. The summed E-state index contributed by atoms with van der Waals surface area (Å²) in [7, 11) is 0. The number of morpholine rings is 1. The smallest absolute Gasteiger partial charge is 0.253 e. The molecule has 2 aromatic carbocycles. The molecule has 0 bridgehead atoms. The second-order valence-electron chi connectivity index (χ2n) is 7.80. The lowest BCUT2D eigenvalue weighted by Crippen LogP contribution is -2.42. The fourth-order valence-electron chi connectivity index (χ4n) is 3.95. The zero-order chi connectivity index (χ0) is 22.9. The first-order valence-electron chi connectivity index (χ1n) is 10.5. The minimum Gasteiger partial charge on any atom is -0.467 e. The number of furan rings is 1. The van der Waals surface area contributed by atoms with Crippen molar-refractivity contribution in [3.8, 4) is 0 Å². The molecule has 0 radical (unpaired) electrons. The van der Waals surface area contributed by atoms with Crippen LogP contribution >= 0.6 is 11.6 Å². The Hall–Kier alpha value is -3.62. The Balaban J connectivity index is 1.43. The maximum Gasteiger partial charge on any atom is 0.253 e. The van der Waals surface area contributed by atoms with Crippen LogP contribution in [-0.2, 0) is 9.53 Å². The van der Waals surface area contributed by atoms with Gasteiger partial charge in [0.2, 0.25) is 0 Å². The fraction of sp³-hybridized carbons (Fsp3) is 0.208. The molecule has 9 heteroatoms. The van der Waals surface area contributed by atoms with E-state index in [-0.39, 0.29) is 18.4 Å². The van der Waals surface area contributed by atoms with Crippen molar-refractivity contribution in [3.05, 3.63) is 82.5 Å². The molecular formula is C24H21ClN4O4. The lowest BCUT2D eigenvalue weighted by atomic mass is 10.1. The maximum atomic E-state index is 13.2. The van der Waals surface area contributed by atoms with Crippen LogP contribution in [0.25, 0.3) is 11.0 Å². The van der Waals surface area contributed by atoms with Crippen molar-refractivity contribution in [1.29, 1.82) is 0 Å². The SMILES string of the molecule is Cc1cc(C(=O)NC(c2nc3ccc(Cl)cc3[nH]2)c2ccco2)ccc1N1CCOCC1=O. The van der Waals surface area contributed by atoms with Crippen molar-refractivity contribution in [2.24, 2.45) is 0 Å². The number of hydrogen-bond donors (Lipinski definition) is 2. The number of aromatic nitrogens is 2. The number of imidazole rings is 1. The minimum absolute atomic E-state index is 0.0647. The summed E-state index contributed by atoms with van der Waals surface area (Å²) in [5.41, 5.74) is 3.56. The zero-order valence-corrected chi connectivity index (χ0v) is 18.6. The normalized spacial score (nSPS) is 15.1. The number of nitrogens with one attached hydrogen (secondary N) is 2. The van der Waals surface area contributed by atoms with Gasteiger partial charge < -0.3 is 24.4 Å². The van der Waals surface area contributed by atoms with Gasteiger partial charge >= 0.3 is 0 Å². The Bertz CT molecular complexity index is 1330. The molecule has 33 heavy (non-hydrogen) atoms. The number of benzene rings is 2. The Morgan fingerprint density at radius 3 is 2.88 bits per heavy atom. The summed E-state index contributed by atoms with van der Waals surface area (Å²) in [6.07, 6.45) is 1.55. The van der Waals surface area contributed by atoms with E-state index >= 15 is 0 Å². The zero-order valence-electron chi connectivity index (χ0n) is 17.8. The second-order valence-corrected chi connectivity index (χ2v) is 8.24. The highest BCUT2D eigenvalue weighted by atomic mass is 35.5. The largest absolute Gasteiger partial charge is 0.467 e. The standard InChI is InChI=1S/C24H21ClN4O4/c1-14-11-15(4-7-19(14)29-8-10-32-13-21(29)30)24(31)28-22(20-3-2-9-33-20)23-26-17-6-5-16(25)12-18(17)27-23/h2-7,9,11-12,22H,8,10,13H2,1H3,(H,26,27)(H,28,31). The molecule has 8 nitrogen and oxygen atoms in total. The molecule has 0 spiro atoms. The molecule has 0 saturated carbocycles. The number of aryl methyl sites for hydroxylation is 1. The highest BCUT2D eigenvalue weighted by Gasteiger charge is 2.25. The summed E-state index contributed by atoms with van der Waals surface area (Å²) >= 11 is 6.10. The van der Waals surface area contributed by atoms with Gasteiger partial charge in [0.25, 0.3) is 11.8 Å². The molecule has 3 heterocycles. The summed E-state index contributed by atoms with van der Waals surface area (Å²) in [5.74, 6) is 0.686. The number of nitrogens with zero attached hydrogens (tertiary/aromatic N) is 2. The molecule has 1 fully saturated rings. The number of rotatable bonds is 5. The van der Waals surface area contributed by atoms with E-state index in [0.717, 1.165) is 22.3 Å². The average Bonchev–Trinajstić information content (AvgIpc) is 3.47.